The Morgan fingerprint density at radius 1 is 0.253 bits per heavy atom. The van der Waals surface area contributed by atoms with Crippen LogP contribution in [0.5, 0.6) is 0 Å². The van der Waals surface area contributed by atoms with Gasteiger partial charge >= 0.3 is 39.5 Å². The molecule has 564 valence electrons. The minimum absolute atomic E-state index is 0.108. The molecule has 95 heavy (non-hydrogen) atoms. The van der Waals surface area contributed by atoms with E-state index in [0.29, 0.717) is 25.7 Å². The lowest BCUT2D eigenvalue weighted by molar-refractivity contribution is -0.161. The van der Waals surface area contributed by atoms with E-state index >= 15 is 0 Å². The van der Waals surface area contributed by atoms with Gasteiger partial charge in [0.15, 0.2) is 12.2 Å². The molecule has 0 heterocycles. The van der Waals surface area contributed by atoms with Crippen LogP contribution in [0, 0.1) is 0 Å². The molecule has 0 saturated carbocycles. The summed E-state index contributed by atoms with van der Waals surface area (Å²) in [5, 5.41) is 10.6. The first-order valence-corrected chi connectivity index (χ1v) is 42.8. The van der Waals surface area contributed by atoms with Crippen LogP contribution < -0.4 is 0 Å². The van der Waals surface area contributed by atoms with Crippen LogP contribution in [0.3, 0.4) is 0 Å². The van der Waals surface area contributed by atoms with Gasteiger partial charge in [-0.3, -0.25) is 37.3 Å². The molecule has 19 heteroatoms. The third kappa shape index (κ3) is 70.3. The number of carbonyl (C=O) groups is 4. The number of ether oxygens (including phenoxy) is 4. The fourth-order valence-electron chi connectivity index (χ4n) is 11.8. The Kier molecular flexibility index (Phi) is 69.1. The van der Waals surface area contributed by atoms with Crippen molar-refractivity contribution in [3.63, 3.8) is 0 Å². The zero-order valence-electron chi connectivity index (χ0n) is 61.6. The van der Waals surface area contributed by atoms with Gasteiger partial charge in [-0.1, -0.05) is 355 Å². The van der Waals surface area contributed by atoms with Crippen molar-refractivity contribution in [3.05, 3.63) is 0 Å². The van der Waals surface area contributed by atoms with E-state index in [2.05, 4.69) is 27.7 Å². The molecule has 0 spiro atoms. The van der Waals surface area contributed by atoms with Crippen LogP contribution in [0.25, 0.3) is 0 Å². The maximum Gasteiger partial charge on any atom is 0.472 e. The van der Waals surface area contributed by atoms with Crippen LogP contribution in [0.1, 0.15) is 407 Å². The molecule has 0 aromatic heterocycles. The first-order valence-electron chi connectivity index (χ1n) is 39.8. The fourth-order valence-corrected chi connectivity index (χ4v) is 13.3. The highest BCUT2D eigenvalue weighted by Crippen LogP contribution is 2.45. The number of hydrogen-bond acceptors (Lipinski definition) is 15. The number of carbonyl (C=O) groups excluding carboxylic acids is 4. The van der Waals surface area contributed by atoms with Gasteiger partial charge in [-0.15, -0.1) is 0 Å². The van der Waals surface area contributed by atoms with Crippen LogP contribution in [-0.4, -0.2) is 96.7 Å². The molecule has 0 aromatic rings. The summed E-state index contributed by atoms with van der Waals surface area (Å²) in [6.45, 7) is 4.98. The number of unbranched alkanes of at least 4 members (excludes halogenated alkanes) is 51. The average Bonchev–Trinajstić information content (AvgIpc) is 3.50. The van der Waals surface area contributed by atoms with Crippen molar-refractivity contribution < 1.29 is 80.2 Å². The Bertz CT molecular complexity index is 1810. The Morgan fingerprint density at radius 3 is 0.621 bits per heavy atom. The molecule has 0 amide bonds. The molecule has 0 aliphatic carbocycles. The summed E-state index contributed by atoms with van der Waals surface area (Å²) in [5.74, 6) is -2.11. The summed E-state index contributed by atoms with van der Waals surface area (Å²) >= 11 is 0. The predicted molar refractivity (Wildman–Crippen MR) is 386 cm³/mol. The lowest BCUT2D eigenvalue weighted by Crippen LogP contribution is -2.30. The second-order valence-corrected chi connectivity index (χ2v) is 30.3. The monoisotopic (exact) mass is 1400 g/mol. The molecule has 2 unspecified atom stereocenters. The highest BCUT2D eigenvalue weighted by Gasteiger charge is 2.30. The van der Waals surface area contributed by atoms with Gasteiger partial charge < -0.3 is 33.8 Å². The van der Waals surface area contributed by atoms with E-state index in [9.17, 15) is 43.2 Å². The molecule has 17 nitrogen and oxygen atoms in total. The highest BCUT2D eigenvalue weighted by atomic mass is 31.2. The molecule has 0 fully saturated rings. The molecule has 0 saturated heterocycles. The van der Waals surface area contributed by atoms with Crippen molar-refractivity contribution in [2.75, 3.05) is 39.6 Å². The van der Waals surface area contributed by atoms with E-state index in [1.54, 1.807) is 0 Å². The van der Waals surface area contributed by atoms with Crippen molar-refractivity contribution in [1.29, 1.82) is 0 Å². The average molecular weight is 1400 g/mol. The molecule has 3 N–H and O–H groups in total. The molecule has 0 aliphatic heterocycles. The fraction of sp³-hybridized carbons (Fsp3) is 0.947. The van der Waals surface area contributed by atoms with Gasteiger partial charge in [-0.05, 0) is 25.7 Å². The number of phosphoric acid groups is 2. The van der Waals surface area contributed by atoms with Gasteiger partial charge in [0.1, 0.15) is 19.3 Å². The summed E-state index contributed by atoms with van der Waals surface area (Å²) in [4.78, 5) is 72.8. The second-order valence-electron chi connectivity index (χ2n) is 27.4. The Balaban J connectivity index is 5.22. The Morgan fingerprint density at radius 2 is 0.421 bits per heavy atom. The number of aliphatic hydroxyl groups is 1. The third-order valence-corrected chi connectivity index (χ3v) is 19.8. The van der Waals surface area contributed by atoms with Crippen LogP contribution >= 0.6 is 15.6 Å². The van der Waals surface area contributed by atoms with E-state index < -0.39 is 97.5 Å². The van der Waals surface area contributed by atoms with Crippen LogP contribution in [-0.2, 0) is 65.4 Å². The maximum absolute atomic E-state index is 13.1. The molecule has 0 bridgehead atoms. The second kappa shape index (κ2) is 70.5. The van der Waals surface area contributed by atoms with Crippen LogP contribution in [0.15, 0.2) is 0 Å². The zero-order chi connectivity index (χ0) is 69.7. The minimum atomic E-state index is -4.96. The van der Waals surface area contributed by atoms with Gasteiger partial charge in [-0.2, -0.15) is 0 Å². The largest absolute Gasteiger partial charge is 0.472 e. The molecule has 0 aliphatic rings. The van der Waals surface area contributed by atoms with Gasteiger partial charge in [0.2, 0.25) is 0 Å². The molecular weight excluding hydrogens is 1250 g/mol. The molecule has 0 aromatic carbocycles. The van der Waals surface area contributed by atoms with Gasteiger partial charge in [0, 0.05) is 25.7 Å². The van der Waals surface area contributed by atoms with Crippen LogP contribution in [0.4, 0.5) is 0 Å². The van der Waals surface area contributed by atoms with Crippen molar-refractivity contribution >= 4 is 39.5 Å². The number of rotatable bonds is 77. The first kappa shape index (κ1) is 93.1. The smallest absolute Gasteiger partial charge is 0.462 e. The number of hydrogen-bond donors (Lipinski definition) is 3. The minimum Gasteiger partial charge on any atom is -0.462 e. The Hall–Kier alpha value is -1.94. The quantitative estimate of drug-likeness (QED) is 0.0222. The normalized spacial score (nSPS) is 13.9. The SMILES string of the molecule is CCCCCCCCCCCCCCCCCCCC(=O)O[C@H](COC(=O)CCCCCCCCCCCCCCCCCC)COP(=O)(O)OC[C@@H](O)COP(=O)(O)OC[C@@H](COC(=O)CCCCCCCCCCC)OC(=O)CCCCCCCCCCCCCCC. The molecule has 0 radical (unpaired) electrons. The van der Waals surface area contributed by atoms with E-state index in [4.69, 9.17) is 37.0 Å². The summed E-state index contributed by atoms with van der Waals surface area (Å²) < 4.78 is 68.5. The summed E-state index contributed by atoms with van der Waals surface area (Å²) in [5.41, 5.74) is 0. The van der Waals surface area contributed by atoms with Gasteiger partial charge in [0.05, 0.1) is 26.4 Å². The van der Waals surface area contributed by atoms with E-state index in [1.807, 2.05) is 0 Å². The standard InChI is InChI=1S/C76H148O17P2/c1-5-9-13-17-21-25-28-31-33-35-37-40-43-47-51-55-59-63-76(81)93-72(67-87-74(79)61-57-53-49-45-41-39-36-34-32-29-26-22-18-14-10-6-2)69-91-95(84,85)89-65-70(77)64-88-94(82,83)90-68-71(66-86-73(78)60-56-52-48-44-24-20-16-12-8-4)92-75(80)62-58-54-50-46-42-38-30-27-23-19-15-11-7-3/h70-72,77H,5-69H2,1-4H3,(H,82,83)(H,84,85)/t70-,71+,72+/m0/s1. The number of phosphoric ester groups is 2. The first-order chi connectivity index (χ1) is 46.2. The van der Waals surface area contributed by atoms with Crippen LogP contribution in [0.2, 0.25) is 0 Å². The summed E-state index contributed by atoms with van der Waals surface area (Å²) in [7, 11) is -9.91. The van der Waals surface area contributed by atoms with E-state index in [0.717, 1.165) is 89.9 Å². The number of esters is 4. The van der Waals surface area contributed by atoms with Gasteiger partial charge in [0.25, 0.3) is 0 Å². The molecule has 0 rings (SSSR count). The van der Waals surface area contributed by atoms with Crippen molar-refractivity contribution in [2.24, 2.45) is 0 Å². The predicted octanol–water partition coefficient (Wildman–Crippen LogP) is 22.6. The zero-order valence-corrected chi connectivity index (χ0v) is 63.4. The lowest BCUT2D eigenvalue weighted by Gasteiger charge is -2.21. The van der Waals surface area contributed by atoms with Crippen molar-refractivity contribution in [1.82, 2.24) is 0 Å². The highest BCUT2D eigenvalue weighted by molar-refractivity contribution is 7.47. The molecular formula is C76H148O17P2. The summed E-state index contributed by atoms with van der Waals surface area (Å²) in [6, 6.07) is 0. The van der Waals surface area contributed by atoms with Gasteiger partial charge in [-0.25, -0.2) is 9.13 Å². The van der Waals surface area contributed by atoms with Crippen molar-refractivity contribution in [3.8, 4) is 0 Å². The number of aliphatic hydroxyl groups excluding tert-OH is 1. The third-order valence-electron chi connectivity index (χ3n) is 17.9. The van der Waals surface area contributed by atoms with Crippen molar-refractivity contribution in [2.45, 2.75) is 425 Å². The molecule has 5 atom stereocenters. The maximum atomic E-state index is 13.1. The topological polar surface area (TPSA) is 237 Å². The summed E-state index contributed by atoms with van der Waals surface area (Å²) in [6.07, 6.45) is 60.9. The van der Waals surface area contributed by atoms with E-state index in [-0.39, 0.29) is 25.7 Å². The lowest BCUT2D eigenvalue weighted by atomic mass is 10.0. The Labute approximate surface area is 581 Å². The van der Waals surface area contributed by atoms with E-state index in [1.165, 1.54) is 238 Å².